The van der Waals surface area contributed by atoms with Gasteiger partial charge >= 0.3 is 0 Å². The third-order valence-electron chi connectivity index (χ3n) is 4.71. The molecule has 1 aromatic carbocycles. The molecule has 21 heavy (non-hydrogen) atoms. The van der Waals surface area contributed by atoms with Gasteiger partial charge in [0.05, 0.1) is 12.6 Å². The monoisotopic (exact) mass is 292 g/mol. The summed E-state index contributed by atoms with van der Waals surface area (Å²) in [7, 11) is 3.82. The average Bonchev–Trinajstić information content (AvgIpc) is 3.30. The van der Waals surface area contributed by atoms with Crippen molar-refractivity contribution in [2.45, 2.75) is 38.8 Å². The largest absolute Gasteiger partial charge is 0.338 e. The second-order valence-electron chi connectivity index (χ2n) is 6.23. The molecule has 1 aliphatic rings. The number of rotatable bonds is 6. The number of carbonyl (C=O) groups is 1. The zero-order valence-corrected chi connectivity index (χ0v) is 13.3. The fourth-order valence-corrected chi connectivity index (χ4v) is 2.59. The van der Waals surface area contributed by atoms with E-state index in [1.165, 1.54) is 25.0 Å². The first-order valence-corrected chi connectivity index (χ1v) is 7.61. The first-order chi connectivity index (χ1) is 9.90. The number of carbonyl (C=O) groups excluding carboxylic acids is 1. The van der Waals surface area contributed by atoms with E-state index >= 15 is 0 Å². The molecule has 0 heterocycles. The number of likely N-dealkylation sites (N-methyl/N-ethyl adjacent to an activating group) is 2. The van der Waals surface area contributed by atoms with Crippen LogP contribution in [0.25, 0.3) is 0 Å². The molecule has 0 radical (unpaired) electrons. The van der Waals surface area contributed by atoms with Crippen LogP contribution in [-0.4, -0.2) is 42.4 Å². The third-order valence-corrected chi connectivity index (χ3v) is 4.71. The Balaban J connectivity index is 1.93. The van der Waals surface area contributed by atoms with Crippen LogP contribution in [0.2, 0.25) is 0 Å². The van der Waals surface area contributed by atoms with Crippen LogP contribution in [0.1, 0.15) is 38.3 Å². The predicted octanol–water partition coefficient (Wildman–Crippen LogP) is 3.08. The van der Waals surface area contributed by atoms with E-state index < -0.39 is 0 Å². The lowest BCUT2D eigenvalue weighted by Gasteiger charge is -2.30. The van der Waals surface area contributed by atoms with E-state index in [4.69, 9.17) is 0 Å². The molecular weight excluding hydrogens is 267 g/mol. The Morgan fingerprint density at radius 3 is 2.33 bits per heavy atom. The lowest BCUT2D eigenvalue weighted by atomic mass is 10.1. The summed E-state index contributed by atoms with van der Waals surface area (Å²) < 4.78 is 13.0. The minimum atomic E-state index is -0.252. The summed E-state index contributed by atoms with van der Waals surface area (Å²) >= 11 is 0. The summed E-state index contributed by atoms with van der Waals surface area (Å²) in [5.74, 6) is 0.599. The van der Waals surface area contributed by atoms with Crippen molar-refractivity contribution in [2.24, 2.45) is 5.92 Å². The Kier molecular flexibility index (Phi) is 4.99. The third kappa shape index (κ3) is 4.03. The SMILES string of the molecule is CC(C1CC1)N(C)CC(=O)N(C)C(C)c1ccc(F)cc1. The maximum atomic E-state index is 13.0. The molecule has 0 spiro atoms. The van der Waals surface area contributed by atoms with Crippen molar-refractivity contribution < 1.29 is 9.18 Å². The van der Waals surface area contributed by atoms with Crippen LogP contribution in [0.3, 0.4) is 0 Å². The van der Waals surface area contributed by atoms with Gasteiger partial charge in [-0.25, -0.2) is 4.39 Å². The van der Waals surface area contributed by atoms with Crippen molar-refractivity contribution in [3.8, 4) is 0 Å². The van der Waals surface area contributed by atoms with Crippen molar-refractivity contribution in [1.82, 2.24) is 9.80 Å². The van der Waals surface area contributed by atoms with Crippen LogP contribution in [0.15, 0.2) is 24.3 Å². The maximum absolute atomic E-state index is 13.0. The molecule has 0 bridgehead atoms. The quantitative estimate of drug-likeness (QED) is 0.804. The van der Waals surface area contributed by atoms with Crippen LogP contribution in [0.4, 0.5) is 4.39 Å². The topological polar surface area (TPSA) is 23.6 Å². The van der Waals surface area contributed by atoms with Gasteiger partial charge in [-0.15, -0.1) is 0 Å². The molecule has 1 amide bonds. The van der Waals surface area contributed by atoms with Gasteiger partial charge in [-0.1, -0.05) is 12.1 Å². The standard InChI is InChI=1S/C17H25FN2O/c1-12(14-5-6-14)19(3)11-17(21)20(4)13(2)15-7-9-16(18)10-8-15/h7-10,12-14H,5-6,11H2,1-4H3. The summed E-state index contributed by atoms with van der Waals surface area (Å²) in [6, 6.07) is 6.75. The van der Waals surface area contributed by atoms with E-state index in [1.807, 2.05) is 21.0 Å². The highest BCUT2D eigenvalue weighted by Gasteiger charge is 2.31. The van der Waals surface area contributed by atoms with Gasteiger partial charge in [0.25, 0.3) is 0 Å². The van der Waals surface area contributed by atoms with E-state index in [9.17, 15) is 9.18 Å². The molecule has 0 aromatic heterocycles. The fourth-order valence-electron chi connectivity index (χ4n) is 2.59. The lowest BCUT2D eigenvalue weighted by Crippen LogP contribution is -2.41. The Morgan fingerprint density at radius 1 is 1.24 bits per heavy atom. The summed E-state index contributed by atoms with van der Waals surface area (Å²) in [6.45, 7) is 4.59. The molecule has 1 aromatic rings. The van der Waals surface area contributed by atoms with Crippen molar-refractivity contribution in [3.63, 3.8) is 0 Å². The van der Waals surface area contributed by atoms with Crippen molar-refractivity contribution in [3.05, 3.63) is 35.6 Å². The van der Waals surface area contributed by atoms with E-state index in [0.29, 0.717) is 12.6 Å². The second kappa shape index (κ2) is 6.56. The summed E-state index contributed by atoms with van der Waals surface area (Å²) in [5.41, 5.74) is 0.949. The Bertz CT molecular complexity index is 484. The van der Waals surface area contributed by atoms with Crippen molar-refractivity contribution >= 4 is 5.91 Å². The molecule has 1 saturated carbocycles. The van der Waals surface area contributed by atoms with Gasteiger partial charge < -0.3 is 4.90 Å². The van der Waals surface area contributed by atoms with Gasteiger partial charge in [0.1, 0.15) is 5.82 Å². The van der Waals surface area contributed by atoms with Gasteiger partial charge in [-0.05, 0) is 57.4 Å². The molecule has 1 aliphatic carbocycles. The molecule has 2 unspecified atom stereocenters. The Morgan fingerprint density at radius 2 is 1.81 bits per heavy atom. The second-order valence-corrected chi connectivity index (χ2v) is 6.23. The molecule has 1 fully saturated rings. The Labute approximate surface area is 126 Å². The zero-order valence-electron chi connectivity index (χ0n) is 13.3. The number of hydrogen-bond acceptors (Lipinski definition) is 2. The first-order valence-electron chi connectivity index (χ1n) is 7.61. The first kappa shape index (κ1) is 16.0. The number of benzene rings is 1. The molecule has 2 atom stereocenters. The normalized spacial score (nSPS) is 17.6. The zero-order chi connectivity index (χ0) is 15.6. The Hall–Kier alpha value is -1.42. The van der Waals surface area contributed by atoms with E-state index in [1.54, 1.807) is 17.0 Å². The van der Waals surface area contributed by atoms with Crippen LogP contribution >= 0.6 is 0 Å². The van der Waals surface area contributed by atoms with Crippen LogP contribution in [-0.2, 0) is 4.79 Å². The molecule has 0 N–H and O–H groups in total. The number of halogens is 1. The summed E-state index contributed by atoms with van der Waals surface area (Å²) in [6.07, 6.45) is 2.56. The number of amides is 1. The molecule has 4 heteroatoms. The number of nitrogens with zero attached hydrogens (tertiary/aromatic N) is 2. The molecule has 0 aliphatic heterocycles. The van der Waals surface area contributed by atoms with Crippen molar-refractivity contribution in [2.75, 3.05) is 20.6 Å². The van der Waals surface area contributed by atoms with Gasteiger partial charge in [0.2, 0.25) is 5.91 Å². The maximum Gasteiger partial charge on any atom is 0.236 e. The van der Waals surface area contributed by atoms with Crippen LogP contribution in [0, 0.1) is 11.7 Å². The molecular formula is C17H25FN2O. The average molecular weight is 292 g/mol. The van der Waals surface area contributed by atoms with Crippen molar-refractivity contribution in [1.29, 1.82) is 0 Å². The highest BCUT2D eigenvalue weighted by atomic mass is 19.1. The van der Waals surface area contributed by atoms with Gasteiger partial charge in [0.15, 0.2) is 0 Å². The van der Waals surface area contributed by atoms with E-state index in [-0.39, 0.29) is 17.8 Å². The predicted molar refractivity (Wildman–Crippen MR) is 82.4 cm³/mol. The summed E-state index contributed by atoms with van der Waals surface area (Å²) in [5, 5.41) is 0. The smallest absolute Gasteiger partial charge is 0.236 e. The van der Waals surface area contributed by atoms with Gasteiger partial charge in [0, 0.05) is 13.1 Å². The lowest BCUT2D eigenvalue weighted by molar-refractivity contribution is -0.133. The minimum Gasteiger partial charge on any atom is -0.338 e. The molecule has 116 valence electrons. The molecule has 3 nitrogen and oxygen atoms in total. The highest BCUT2D eigenvalue weighted by molar-refractivity contribution is 5.78. The molecule has 2 rings (SSSR count). The van der Waals surface area contributed by atoms with Gasteiger partial charge in [-0.2, -0.15) is 0 Å². The van der Waals surface area contributed by atoms with Crippen LogP contribution < -0.4 is 0 Å². The van der Waals surface area contributed by atoms with Crippen LogP contribution in [0.5, 0.6) is 0 Å². The van der Waals surface area contributed by atoms with E-state index in [2.05, 4.69) is 11.8 Å². The minimum absolute atomic E-state index is 0.0530. The highest BCUT2D eigenvalue weighted by Crippen LogP contribution is 2.34. The van der Waals surface area contributed by atoms with E-state index in [0.717, 1.165) is 11.5 Å². The fraction of sp³-hybridized carbons (Fsp3) is 0.588. The summed E-state index contributed by atoms with van der Waals surface area (Å²) in [4.78, 5) is 16.3. The number of hydrogen-bond donors (Lipinski definition) is 0. The van der Waals surface area contributed by atoms with Gasteiger partial charge in [-0.3, -0.25) is 9.69 Å². The molecule has 0 saturated heterocycles.